The molecule has 0 saturated carbocycles. The molecule has 3 rings (SSSR count). The first-order valence-corrected chi connectivity index (χ1v) is 8.01. The summed E-state index contributed by atoms with van der Waals surface area (Å²) in [5.41, 5.74) is 1.56. The number of pyridine rings is 1. The summed E-state index contributed by atoms with van der Waals surface area (Å²) >= 11 is 0. The number of ether oxygens (including phenoxy) is 1. The van der Waals surface area contributed by atoms with Crippen molar-refractivity contribution in [2.75, 3.05) is 11.4 Å². The van der Waals surface area contributed by atoms with Crippen LogP contribution in [-0.4, -0.2) is 26.4 Å². The molecule has 0 aliphatic carbocycles. The van der Waals surface area contributed by atoms with Gasteiger partial charge in [0.2, 0.25) is 5.82 Å². The van der Waals surface area contributed by atoms with Crippen molar-refractivity contribution in [1.82, 2.24) is 15.0 Å². The van der Waals surface area contributed by atoms with Gasteiger partial charge in [-0.2, -0.15) is 4.98 Å². The fraction of sp³-hybridized carbons (Fsp3) is 0.167. The number of aryl methyl sites for hydroxylation is 1. The smallest absolute Gasteiger partial charge is 0.373 e. The summed E-state index contributed by atoms with van der Waals surface area (Å²) in [5, 5.41) is 11.8. The van der Waals surface area contributed by atoms with Crippen LogP contribution in [0.4, 0.5) is 17.2 Å². The molecule has 2 heterocycles. The van der Waals surface area contributed by atoms with E-state index in [-0.39, 0.29) is 17.4 Å². The van der Waals surface area contributed by atoms with Crippen LogP contribution in [0.25, 0.3) is 0 Å². The molecule has 0 atom stereocenters. The van der Waals surface area contributed by atoms with Gasteiger partial charge < -0.3 is 9.64 Å². The van der Waals surface area contributed by atoms with Crippen LogP contribution in [0.2, 0.25) is 0 Å². The van der Waals surface area contributed by atoms with Crippen LogP contribution in [0.15, 0.2) is 55.1 Å². The van der Waals surface area contributed by atoms with Gasteiger partial charge in [0.1, 0.15) is 12.1 Å². The third-order valence-corrected chi connectivity index (χ3v) is 3.69. The fourth-order valence-electron chi connectivity index (χ4n) is 2.56. The predicted octanol–water partition coefficient (Wildman–Crippen LogP) is 4.04. The van der Waals surface area contributed by atoms with Crippen molar-refractivity contribution in [2.24, 2.45) is 0 Å². The summed E-state index contributed by atoms with van der Waals surface area (Å²) in [7, 11) is 0. The molecule has 0 N–H and O–H groups in total. The van der Waals surface area contributed by atoms with Crippen molar-refractivity contribution in [3.63, 3.8) is 0 Å². The minimum atomic E-state index is -0.528. The van der Waals surface area contributed by atoms with Gasteiger partial charge in [0, 0.05) is 18.4 Å². The molecule has 0 unspecified atom stereocenters. The number of hydrogen-bond donors (Lipinski definition) is 0. The molecule has 0 aliphatic heterocycles. The highest BCUT2D eigenvalue weighted by Gasteiger charge is 2.29. The lowest BCUT2D eigenvalue weighted by Gasteiger charge is -2.22. The van der Waals surface area contributed by atoms with E-state index in [0.29, 0.717) is 12.3 Å². The van der Waals surface area contributed by atoms with Gasteiger partial charge in [-0.15, -0.1) is 0 Å². The van der Waals surface area contributed by atoms with Crippen molar-refractivity contribution in [3.8, 4) is 11.6 Å². The van der Waals surface area contributed by atoms with E-state index in [4.69, 9.17) is 4.74 Å². The molecular weight excluding hydrogens is 334 g/mol. The molecular formula is C18H17N5O3. The van der Waals surface area contributed by atoms with Crippen LogP contribution >= 0.6 is 0 Å². The van der Waals surface area contributed by atoms with E-state index in [1.165, 1.54) is 12.5 Å². The minimum absolute atomic E-state index is 0.126. The van der Waals surface area contributed by atoms with Crippen molar-refractivity contribution in [1.29, 1.82) is 0 Å². The number of benzene rings is 1. The normalized spacial score (nSPS) is 10.4. The van der Waals surface area contributed by atoms with E-state index in [9.17, 15) is 10.1 Å². The van der Waals surface area contributed by atoms with E-state index in [1.54, 1.807) is 23.2 Å². The molecule has 8 heteroatoms. The zero-order chi connectivity index (χ0) is 18.5. The number of hydrogen-bond acceptors (Lipinski definition) is 7. The summed E-state index contributed by atoms with van der Waals surface area (Å²) in [6.07, 6.45) is 4.30. The van der Waals surface area contributed by atoms with Crippen molar-refractivity contribution in [2.45, 2.75) is 13.8 Å². The largest absolute Gasteiger partial charge is 0.432 e. The van der Waals surface area contributed by atoms with Crippen LogP contribution in [-0.2, 0) is 0 Å². The molecule has 0 bridgehead atoms. The van der Waals surface area contributed by atoms with Crippen LogP contribution in [0, 0.1) is 17.0 Å². The third kappa shape index (κ3) is 3.59. The lowest BCUT2D eigenvalue weighted by molar-refractivity contribution is -0.385. The molecule has 0 spiro atoms. The maximum absolute atomic E-state index is 11.8. The Balaban J connectivity index is 2.09. The van der Waals surface area contributed by atoms with Gasteiger partial charge in [-0.1, -0.05) is 12.1 Å². The Morgan fingerprint density at radius 2 is 2.08 bits per heavy atom. The van der Waals surface area contributed by atoms with Crippen molar-refractivity contribution < 1.29 is 9.66 Å². The molecule has 8 nitrogen and oxygen atoms in total. The number of nitrogens with zero attached hydrogens (tertiary/aromatic N) is 5. The lowest BCUT2D eigenvalue weighted by Crippen LogP contribution is -2.19. The number of anilines is 2. The average Bonchev–Trinajstić information content (AvgIpc) is 2.63. The molecule has 3 aromatic rings. The molecule has 132 valence electrons. The Morgan fingerprint density at radius 3 is 2.73 bits per heavy atom. The van der Waals surface area contributed by atoms with Gasteiger partial charge in [0.25, 0.3) is 0 Å². The van der Waals surface area contributed by atoms with E-state index in [2.05, 4.69) is 15.0 Å². The van der Waals surface area contributed by atoms with Crippen molar-refractivity contribution in [3.05, 3.63) is 70.8 Å². The fourth-order valence-corrected chi connectivity index (χ4v) is 2.56. The molecule has 0 fully saturated rings. The quantitative estimate of drug-likeness (QED) is 0.488. The summed E-state index contributed by atoms with van der Waals surface area (Å²) in [6, 6.07) is 11.0. The molecule has 0 saturated heterocycles. The molecule has 0 aliphatic rings. The SMILES string of the molecule is CCN(c1cccc(C)c1)c1ncnc(Oc2cccnc2)c1[N+](=O)[O-]. The predicted molar refractivity (Wildman–Crippen MR) is 96.9 cm³/mol. The molecule has 0 radical (unpaired) electrons. The van der Waals surface area contributed by atoms with Gasteiger partial charge in [0.05, 0.1) is 11.1 Å². The maximum Gasteiger partial charge on any atom is 0.373 e. The van der Waals surface area contributed by atoms with Crippen LogP contribution in [0.3, 0.4) is 0 Å². The molecule has 1 aromatic carbocycles. The molecule has 0 amide bonds. The topological polar surface area (TPSA) is 94.3 Å². The number of aromatic nitrogens is 3. The van der Waals surface area contributed by atoms with Gasteiger partial charge in [-0.25, -0.2) is 4.98 Å². The standard InChI is InChI=1S/C18H17N5O3/c1-3-22(14-7-4-6-13(2)10-14)17-16(23(24)25)18(21-12-20-17)26-15-8-5-9-19-11-15/h4-12H,3H2,1-2H3. The van der Waals surface area contributed by atoms with Crippen LogP contribution < -0.4 is 9.64 Å². The van der Waals surface area contributed by atoms with E-state index >= 15 is 0 Å². The zero-order valence-electron chi connectivity index (χ0n) is 14.4. The highest BCUT2D eigenvalue weighted by atomic mass is 16.6. The second-order valence-electron chi connectivity index (χ2n) is 5.48. The van der Waals surface area contributed by atoms with Gasteiger partial charge in [0.15, 0.2) is 0 Å². The second kappa shape index (κ2) is 7.56. The Kier molecular flexibility index (Phi) is 5.02. The zero-order valence-corrected chi connectivity index (χ0v) is 14.4. The minimum Gasteiger partial charge on any atom is -0.432 e. The first kappa shape index (κ1) is 17.3. The first-order chi connectivity index (χ1) is 12.6. The highest BCUT2D eigenvalue weighted by Crippen LogP contribution is 2.38. The number of nitro groups is 1. The molecule has 26 heavy (non-hydrogen) atoms. The van der Waals surface area contributed by atoms with E-state index < -0.39 is 4.92 Å². The van der Waals surface area contributed by atoms with Crippen LogP contribution in [0.5, 0.6) is 11.6 Å². The Labute approximate surface area is 150 Å². The summed E-state index contributed by atoms with van der Waals surface area (Å²) in [5.74, 6) is 0.412. The lowest BCUT2D eigenvalue weighted by atomic mass is 10.2. The van der Waals surface area contributed by atoms with Gasteiger partial charge >= 0.3 is 11.6 Å². The monoisotopic (exact) mass is 351 g/mol. The Bertz CT molecular complexity index is 918. The van der Waals surface area contributed by atoms with Gasteiger partial charge in [-0.05, 0) is 43.7 Å². The van der Waals surface area contributed by atoms with Crippen LogP contribution in [0.1, 0.15) is 12.5 Å². The van der Waals surface area contributed by atoms with E-state index in [0.717, 1.165) is 11.3 Å². The third-order valence-electron chi connectivity index (χ3n) is 3.69. The highest BCUT2D eigenvalue weighted by molar-refractivity contribution is 5.71. The second-order valence-corrected chi connectivity index (χ2v) is 5.48. The number of rotatable bonds is 6. The van der Waals surface area contributed by atoms with E-state index in [1.807, 2.05) is 38.1 Å². The maximum atomic E-state index is 11.8. The summed E-state index contributed by atoms with van der Waals surface area (Å²) in [6.45, 7) is 4.35. The summed E-state index contributed by atoms with van der Waals surface area (Å²) in [4.78, 5) is 25.0. The van der Waals surface area contributed by atoms with Gasteiger partial charge in [-0.3, -0.25) is 15.1 Å². The van der Waals surface area contributed by atoms with Crippen molar-refractivity contribution >= 4 is 17.2 Å². The summed E-state index contributed by atoms with van der Waals surface area (Å²) < 4.78 is 5.58. The Hall–Kier alpha value is -3.55. The molecule has 2 aromatic heterocycles. The average molecular weight is 351 g/mol. The first-order valence-electron chi connectivity index (χ1n) is 8.01. The Morgan fingerprint density at radius 1 is 1.23 bits per heavy atom.